The number of hydrogen-bond donors (Lipinski definition) is 3. The number of benzene rings is 1. The van der Waals surface area contributed by atoms with Crippen molar-refractivity contribution in [3.63, 3.8) is 0 Å². The lowest BCUT2D eigenvalue weighted by molar-refractivity contribution is -0.140. The van der Waals surface area contributed by atoms with Crippen LogP contribution in [0.1, 0.15) is 79.2 Å². The normalized spacial score (nSPS) is 14.5. The molecule has 0 radical (unpaired) electrons. The van der Waals surface area contributed by atoms with E-state index >= 15 is 0 Å². The number of carbonyl (C=O) groups is 4. The number of amides is 4. The van der Waals surface area contributed by atoms with Gasteiger partial charge < -0.3 is 25.2 Å². The van der Waals surface area contributed by atoms with Gasteiger partial charge in [0.05, 0.1) is 6.73 Å². The van der Waals surface area contributed by atoms with Gasteiger partial charge in [-0.1, -0.05) is 68.7 Å². The maximum atomic E-state index is 13.8. The van der Waals surface area contributed by atoms with Crippen LogP contribution in [-0.2, 0) is 23.9 Å². The summed E-state index contributed by atoms with van der Waals surface area (Å²) in [7, 11) is 1.56. The SMILES string of the molecule is C=C(/C=C\C(C#Cc1ccc(NC(=O)[C@H](C)N(CCC)C(=O)C/C=C\C)cc1)=C/C)NC(=O)[C@H](C)N(CCC)C(=O)[C@H](NCOC)C1=CCCC=C1. The Morgan fingerprint density at radius 3 is 2.23 bits per heavy atom. The topological polar surface area (TPSA) is 120 Å². The Balaban J connectivity index is 2.04. The Morgan fingerprint density at radius 1 is 0.962 bits per heavy atom. The standard InChI is InChI=1S/C42H57N5O5/c1-9-13-19-38(48)46(28-10-2)32(6)41(50)45-37-26-24-35(25-27-37)23-22-34(12-4)21-20-31(5)44-40(49)33(7)47(29-11-3)42(51)39(43-30-52-8)36-17-15-14-16-18-36/h9,12-13,15,17-18,20-21,24-27,32-33,39,43H,5,10-11,14,16,19,28-30H2,1-4,6-8H3,(H,44,49)(H,45,50)/b13-9-,21-20-,34-12+/t32-,33-,39+/m0/s1. The van der Waals surface area contributed by atoms with Crippen LogP contribution in [0.25, 0.3) is 0 Å². The second-order valence-corrected chi connectivity index (χ2v) is 12.4. The van der Waals surface area contributed by atoms with Gasteiger partial charge >= 0.3 is 0 Å². The summed E-state index contributed by atoms with van der Waals surface area (Å²) in [5.41, 5.74) is 3.29. The van der Waals surface area contributed by atoms with Gasteiger partial charge in [0.2, 0.25) is 23.6 Å². The van der Waals surface area contributed by atoms with Crippen molar-refractivity contribution < 1.29 is 23.9 Å². The Kier molecular flexibility index (Phi) is 19.5. The molecule has 1 aliphatic rings. The molecule has 0 fully saturated rings. The highest BCUT2D eigenvalue weighted by molar-refractivity contribution is 5.97. The molecule has 3 atom stereocenters. The van der Waals surface area contributed by atoms with Gasteiger partial charge in [-0.2, -0.15) is 0 Å². The fraction of sp³-hybridized carbons (Fsp3) is 0.429. The second-order valence-electron chi connectivity index (χ2n) is 12.4. The van der Waals surface area contributed by atoms with Crippen molar-refractivity contribution in [3.8, 4) is 11.8 Å². The maximum absolute atomic E-state index is 13.8. The van der Waals surface area contributed by atoms with Crippen LogP contribution >= 0.6 is 0 Å². The fourth-order valence-electron chi connectivity index (χ4n) is 5.39. The van der Waals surface area contributed by atoms with Crippen LogP contribution in [0.4, 0.5) is 5.69 Å². The number of nitrogens with one attached hydrogen (secondary N) is 3. The van der Waals surface area contributed by atoms with Crippen molar-refractivity contribution in [1.29, 1.82) is 0 Å². The molecule has 0 bridgehead atoms. The first-order valence-corrected chi connectivity index (χ1v) is 18.1. The van der Waals surface area contributed by atoms with Gasteiger partial charge in [0, 0.05) is 49.1 Å². The third-order valence-corrected chi connectivity index (χ3v) is 8.35. The van der Waals surface area contributed by atoms with Crippen molar-refractivity contribution in [1.82, 2.24) is 20.4 Å². The summed E-state index contributed by atoms with van der Waals surface area (Å²) < 4.78 is 5.19. The first-order chi connectivity index (χ1) is 25.0. The lowest BCUT2D eigenvalue weighted by Crippen LogP contribution is -2.54. The Bertz CT molecular complexity index is 1590. The van der Waals surface area contributed by atoms with Crippen LogP contribution in [0.3, 0.4) is 0 Å². The minimum absolute atomic E-state index is 0.0844. The summed E-state index contributed by atoms with van der Waals surface area (Å²) in [6.45, 7) is 16.2. The molecule has 10 nitrogen and oxygen atoms in total. The van der Waals surface area contributed by atoms with Crippen LogP contribution in [-0.4, -0.2) is 78.5 Å². The molecule has 0 spiro atoms. The number of anilines is 1. The average molecular weight is 712 g/mol. The fourth-order valence-corrected chi connectivity index (χ4v) is 5.39. The molecule has 10 heteroatoms. The quantitative estimate of drug-likeness (QED) is 0.0684. The van der Waals surface area contributed by atoms with Gasteiger partial charge in [-0.15, -0.1) is 0 Å². The Morgan fingerprint density at radius 2 is 1.63 bits per heavy atom. The number of hydrogen-bond acceptors (Lipinski definition) is 6. The largest absolute Gasteiger partial charge is 0.370 e. The molecule has 0 heterocycles. The highest BCUT2D eigenvalue weighted by Crippen LogP contribution is 2.18. The molecule has 1 aromatic carbocycles. The van der Waals surface area contributed by atoms with Crippen LogP contribution < -0.4 is 16.0 Å². The van der Waals surface area contributed by atoms with Crippen molar-refractivity contribution in [2.75, 3.05) is 32.2 Å². The van der Waals surface area contributed by atoms with E-state index in [1.165, 1.54) is 0 Å². The molecule has 0 saturated heterocycles. The molecule has 0 saturated carbocycles. The number of rotatable bonds is 19. The van der Waals surface area contributed by atoms with Crippen LogP contribution in [0.2, 0.25) is 0 Å². The summed E-state index contributed by atoms with van der Waals surface area (Å²) in [5, 5.41) is 8.89. The van der Waals surface area contributed by atoms with E-state index in [2.05, 4.69) is 34.4 Å². The summed E-state index contributed by atoms with van der Waals surface area (Å²) in [4.78, 5) is 55.9. The van der Waals surface area contributed by atoms with Gasteiger partial charge in [0.25, 0.3) is 0 Å². The van der Waals surface area contributed by atoms with E-state index in [0.717, 1.165) is 30.4 Å². The molecule has 2 rings (SSSR count). The molecule has 52 heavy (non-hydrogen) atoms. The predicted octanol–water partition coefficient (Wildman–Crippen LogP) is 6.17. The first-order valence-electron chi connectivity index (χ1n) is 18.1. The number of methoxy groups -OCH3 is 1. The van der Waals surface area contributed by atoms with Crippen molar-refractivity contribution in [3.05, 3.63) is 102 Å². The molecule has 3 N–H and O–H groups in total. The maximum Gasteiger partial charge on any atom is 0.246 e. The van der Waals surface area contributed by atoms with Gasteiger partial charge in [-0.25, -0.2) is 0 Å². The highest BCUT2D eigenvalue weighted by Gasteiger charge is 2.32. The van der Waals surface area contributed by atoms with Gasteiger partial charge in [0.1, 0.15) is 18.1 Å². The van der Waals surface area contributed by atoms with Gasteiger partial charge in [0.15, 0.2) is 0 Å². The van der Waals surface area contributed by atoms with Crippen LogP contribution in [0.15, 0.2) is 96.3 Å². The van der Waals surface area contributed by atoms with Crippen molar-refractivity contribution in [2.45, 2.75) is 91.8 Å². The summed E-state index contributed by atoms with van der Waals surface area (Å²) in [5.74, 6) is 5.36. The van der Waals surface area contributed by atoms with E-state index < -0.39 is 18.1 Å². The molecule has 4 amide bonds. The van der Waals surface area contributed by atoms with Crippen LogP contribution in [0.5, 0.6) is 0 Å². The second kappa shape index (κ2) is 23.5. The summed E-state index contributed by atoms with van der Waals surface area (Å²) >= 11 is 0. The minimum Gasteiger partial charge on any atom is -0.370 e. The number of carbonyl (C=O) groups excluding carboxylic acids is 4. The monoisotopic (exact) mass is 711 g/mol. The molecule has 1 aromatic rings. The predicted molar refractivity (Wildman–Crippen MR) is 210 cm³/mol. The number of nitrogens with zero attached hydrogens (tertiary/aromatic N) is 2. The van der Waals surface area contributed by atoms with Crippen molar-refractivity contribution >= 4 is 29.3 Å². The summed E-state index contributed by atoms with van der Waals surface area (Å²) in [6.07, 6.45) is 18.4. The van der Waals surface area contributed by atoms with Gasteiger partial charge in [-0.05, 0) is 95.4 Å². The van der Waals surface area contributed by atoms with E-state index in [0.29, 0.717) is 36.5 Å². The number of ether oxygens (including phenoxy) is 1. The molecule has 0 unspecified atom stereocenters. The molecular formula is C42H57N5O5. The van der Waals surface area contributed by atoms with Gasteiger partial charge in [-0.3, -0.25) is 24.5 Å². The third kappa shape index (κ3) is 14.0. The van der Waals surface area contributed by atoms with Crippen LogP contribution in [0, 0.1) is 11.8 Å². The lowest BCUT2D eigenvalue weighted by Gasteiger charge is -2.32. The Labute approximate surface area is 310 Å². The zero-order chi connectivity index (χ0) is 38.5. The smallest absolute Gasteiger partial charge is 0.246 e. The lowest BCUT2D eigenvalue weighted by atomic mass is 9.98. The number of allylic oxidation sites excluding steroid dienone is 7. The average Bonchev–Trinajstić information content (AvgIpc) is 3.15. The zero-order valence-electron chi connectivity index (χ0n) is 32.0. The Hall–Kier alpha value is -4.98. The third-order valence-electron chi connectivity index (χ3n) is 8.35. The molecule has 280 valence electrons. The van der Waals surface area contributed by atoms with E-state index in [1.807, 2.05) is 70.2 Å². The zero-order valence-corrected chi connectivity index (χ0v) is 32.0. The van der Waals surface area contributed by atoms with E-state index in [9.17, 15) is 19.2 Å². The van der Waals surface area contributed by atoms with E-state index in [4.69, 9.17) is 4.74 Å². The molecular weight excluding hydrogens is 654 g/mol. The van der Waals surface area contributed by atoms with E-state index in [1.54, 1.807) is 61.1 Å². The van der Waals surface area contributed by atoms with Crippen molar-refractivity contribution in [2.24, 2.45) is 0 Å². The highest BCUT2D eigenvalue weighted by atomic mass is 16.5. The minimum atomic E-state index is -0.740. The summed E-state index contributed by atoms with van der Waals surface area (Å²) in [6, 6.07) is 5.19. The molecule has 0 aliphatic heterocycles. The van der Waals surface area contributed by atoms with E-state index in [-0.39, 0.29) is 36.8 Å². The molecule has 1 aliphatic carbocycles. The first kappa shape index (κ1) is 43.2. The molecule has 0 aromatic heterocycles.